The number of aliphatic hydroxyl groups is 1. The third-order valence-corrected chi connectivity index (χ3v) is 7.25. The van der Waals surface area contributed by atoms with E-state index in [9.17, 15) is 0 Å². The van der Waals surface area contributed by atoms with Crippen molar-refractivity contribution in [2.75, 3.05) is 20.2 Å². The molecule has 0 aliphatic rings. The summed E-state index contributed by atoms with van der Waals surface area (Å²) >= 11 is 0. The summed E-state index contributed by atoms with van der Waals surface area (Å²) in [6, 6.07) is 3.15. The predicted molar refractivity (Wildman–Crippen MR) is 71.2 cm³/mol. The van der Waals surface area contributed by atoms with Gasteiger partial charge in [0.15, 0.2) is 0 Å². The zero-order valence-electron chi connectivity index (χ0n) is 11.2. The van der Waals surface area contributed by atoms with E-state index in [1.165, 1.54) is 18.5 Å². The molecule has 0 radical (unpaired) electrons. The predicted octanol–water partition coefficient (Wildman–Crippen LogP) is 2.81. The Labute approximate surface area is 96.7 Å². The second kappa shape index (κ2) is 7.42. The van der Waals surface area contributed by atoms with Crippen molar-refractivity contribution in [3.05, 3.63) is 0 Å². The van der Waals surface area contributed by atoms with Crippen molar-refractivity contribution in [2.24, 2.45) is 0 Å². The molecule has 0 aliphatic heterocycles. The molecule has 0 saturated carbocycles. The van der Waals surface area contributed by atoms with Crippen LogP contribution in [0.3, 0.4) is 0 Å². The summed E-state index contributed by atoms with van der Waals surface area (Å²) in [5.41, 5.74) is 0. The number of hydrogen-bond acceptors (Lipinski definition) is 2. The Hall–Kier alpha value is 0.137. The van der Waals surface area contributed by atoms with Crippen molar-refractivity contribution in [2.45, 2.75) is 57.9 Å². The van der Waals surface area contributed by atoms with E-state index in [0.29, 0.717) is 12.6 Å². The van der Waals surface area contributed by atoms with E-state index in [1.807, 2.05) is 0 Å². The van der Waals surface area contributed by atoms with Gasteiger partial charge in [-0.1, -0.05) is 39.0 Å². The molecule has 1 unspecified atom stereocenters. The van der Waals surface area contributed by atoms with Crippen LogP contribution in [0.15, 0.2) is 0 Å². The smallest absolute Gasteiger partial charge is 0.0586 e. The fraction of sp³-hybridized carbons (Fsp3) is 1.00. The number of nitrogens with zero attached hydrogens (tertiary/aromatic N) is 1. The van der Waals surface area contributed by atoms with Crippen LogP contribution in [0.5, 0.6) is 0 Å². The van der Waals surface area contributed by atoms with Gasteiger partial charge in [-0.2, -0.15) is 0 Å². The van der Waals surface area contributed by atoms with E-state index < -0.39 is 8.07 Å². The molecule has 2 nitrogen and oxygen atoms in total. The molecule has 0 heterocycles. The first-order valence-corrected chi connectivity index (χ1v) is 9.69. The van der Waals surface area contributed by atoms with Crippen LogP contribution in [0.25, 0.3) is 0 Å². The lowest BCUT2D eigenvalue weighted by Crippen LogP contribution is -2.35. The average Bonchev–Trinajstić information content (AvgIpc) is 2.19. The molecule has 0 bridgehead atoms. The third kappa shape index (κ3) is 6.33. The average molecular weight is 231 g/mol. The van der Waals surface area contributed by atoms with E-state index in [0.717, 1.165) is 13.0 Å². The van der Waals surface area contributed by atoms with Crippen molar-refractivity contribution in [3.8, 4) is 0 Å². The van der Waals surface area contributed by atoms with Gasteiger partial charge in [0.2, 0.25) is 0 Å². The van der Waals surface area contributed by atoms with Gasteiger partial charge in [0.1, 0.15) is 0 Å². The molecule has 1 N–H and O–H groups in total. The zero-order valence-corrected chi connectivity index (χ0v) is 12.2. The molecule has 1 atom stereocenters. The molecule has 0 aromatic rings. The molecule has 92 valence electrons. The molecule has 0 aliphatic carbocycles. The SMILES string of the molecule is CCC(CO)N(C)CCC[Si](C)(C)CC. The lowest BCUT2D eigenvalue weighted by atomic mass is 10.2. The van der Waals surface area contributed by atoms with Gasteiger partial charge in [-0.05, 0) is 26.4 Å². The minimum absolute atomic E-state index is 0.293. The normalized spacial score (nSPS) is 14.6. The summed E-state index contributed by atoms with van der Waals surface area (Å²) in [7, 11) is 1.24. The van der Waals surface area contributed by atoms with Crippen LogP contribution in [0.1, 0.15) is 26.7 Å². The van der Waals surface area contributed by atoms with E-state index in [2.05, 4.69) is 38.9 Å². The number of rotatable bonds is 8. The van der Waals surface area contributed by atoms with Crippen molar-refractivity contribution < 1.29 is 5.11 Å². The summed E-state index contributed by atoms with van der Waals surface area (Å²) in [5, 5.41) is 9.17. The Bertz CT molecular complexity index is 158. The molecule has 0 fully saturated rings. The third-order valence-electron chi connectivity index (χ3n) is 3.63. The highest BCUT2D eigenvalue weighted by Gasteiger charge is 2.18. The first kappa shape index (κ1) is 15.1. The first-order valence-electron chi connectivity index (χ1n) is 6.28. The van der Waals surface area contributed by atoms with Crippen LogP contribution < -0.4 is 0 Å². The lowest BCUT2D eigenvalue weighted by Gasteiger charge is -2.27. The van der Waals surface area contributed by atoms with E-state index in [4.69, 9.17) is 5.11 Å². The molecule has 3 heteroatoms. The highest BCUT2D eigenvalue weighted by atomic mass is 28.3. The molecule has 0 saturated heterocycles. The minimum Gasteiger partial charge on any atom is -0.395 e. The number of likely N-dealkylation sites (N-methyl/N-ethyl adjacent to an activating group) is 1. The van der Waals surface area contributed by atoms with Gasteiger partial charge in [-0.25, -0.2) is 0 Å². The lowest BCUT2D eigenvalue weighted by molar-refractivity contribution is 0.143. The topological polar surface area (TPSA) is 23.5 Å². The van der Waals surface area contributed by atoms with E-state index >= 15 is 0 Å². The first-order chi connectivity index (χ1) is 6.96. The molecule has 0 aromatic carbocycles. The second-order valence-corrected chi connectivity index (χ2v) is 10.9. The van der Waals surface area contributed by atoms with Crippen LogP contribution in [-0.2, 0) is 0 Å². The molecule has 0 amide bonds. The maximum atomic E-state index is 9.17. The van der Waals surface area contributed by atoms with Crippen molar-refractivity contribution >= 4 is 8.07 Å². The van der Waals surface area contributed by atoms with Gasteiger partial charge in [-0.15, -0.1) is 0 Å². The van der Waals surface area contributed by atoms with Crippen LogP contribution >= 0.6 is 0 Å². The van der Waals surface area contributed by atoms with Crippen molar-refractivity contribution in [1.29, 1.82) is 0 Å². The van der Waals surface area contributed by atoms with Crippen LogP contribution in [0.4, 0.5) is 0 Å². The van der Waals surface area contributed by atoms with E-state index in [-0.39, 0.29) is 0 Å². The van der Waals surface area contributed by atoms with Gasteiger partial charge in [-0.3, -0.25) is 0 Å². The second-order valence-electron chi connectivity index (χ2n) is 5.35. The summed E-state index contributed by atoms with van der Waals surface area (Å²) in [4.78, 5) is 2.31. The maximum Gasteiger partial charge on any atom is 0.0586 e. The molecule has 0 spiro atoms. The minimum atomic E-state index is -0.888. The molecular formula is C12H29NOSi. The highest BCUT2D eigenvalue weighted by Crippen LogP contribution is 2.17. The number of hydrogen-bond donors (Lipinski definition) is 1. The molecule has 0 aromatic heterocycles. The molecule has 0 rings (SSSR count). The monoisotopic (exact) mass is 231 g/mol. The van der Waals surface area contributed by atoms with Crippen molar-refractivity contribution in [3.63, 3.8) is 0 Å². The highest BCUT2D eigenvalue weighted by molar-refractivity contribution is 6.77. The summed E-state index contributed by atoms with van der Waals surface area (Å²) in [6.07, 6.45) is 2.33. The summed E-state index contributed by atoms with van der Waals surface area (Å²) in [5.74, 6) is 0. The van der Waals surface area contributed by atoms with Crippen LogP contribution in [0.2, 0.25) is 25.2 Å². The summed E-state index contributed by atoms with van der Waals surface area (Å²) < 4.78 is 0. The van der Waals surface area contributed by atoms with E-state index in [1.54, 1.807) is 0 Å². The Morgan fingerprint density at radius 1 is 1.27 bits per heavy atom. The Morgan fingerprint density at radius 2 is 1.87 bits per heavy atom. The Morgan fingerprint density at radius 3 is 2.27 bits per heavy atom. The van der Waals surface area contributed by atoms with Crippen LogP contribution in [-0.4, -0.2) is 44.3 Å². The fourth-order valence-electron chi connectivity index (χ4n) is 1.75. The van der Waals surface area contributed by atoms with Gasteiger partial charge in [0.25, 0.3) is 0 Å². The zero-order chi connectivity index (χ0) is 11.9. The van der Waals surface area contributed by atoms with Gasteiger partial charge in [0.05, 0.1) is 6.61 Å². The summed E-state index contributed by atoms with van der Waals surface area (Å²) in [6.45, 7) is 10.8. The maximum absolute atomic E-state index is 9.17. The molecule has 15 heavy (non-hydrogen) atoms. The Balaban J connectivity index is 3.76. The van der Waals surface area contributed by atoms with Crippen molar-refractivity contribution in [1.82, 2.24) is 4.90 Å². The number of aliphatic hydroxyl groups excluding tert-OH is 1. The Kier molecular flexibility index (Phi) is 7.48. The fourth-order valence-corrected chi connectivity index (χ4v) is 3.22. The molecular weight excluding hydrogens is 202 g/mol. The van der Waals surface area contributed by atoms with Gasteiger partial charge < -0.3 is 10.0 Å². The standard InChI is InChI=1S/C12H29NOSi/c1-6-12(11-14)13(3)9-8-10-15(4,5)7-2/h12,14H,6-11H2,1-5H3. The van der Waals surface area contributed by atoms with Crippen LogP contribution in [0, 0.1) is 0 Å². The van der Waals surface area contributed by atoms with Gasteiger partial charge >= 0.3 is 0 Å². The van der Waals surface area contributed by atoms with Gasteiger partial charge in [0, 0.05) is 14.1 Å². The quantitative estimate of drug-likeness (QED) is 0.649. The largest absolute Gasteiger partial charge is 0.395 e.